The summed E-state index contributed by atoms with van der Waals surface area (Å²) in [4.78, 5) is 14.0. The van der Waals surface area contributed by atoms with Gasteiger partial charge < -0.3 is 14.6 Å². The van der Waals surface area contributed by atoms with Crippen LogP contribution in [0.1, 0.15) is 13.8 Å². The molecule has 2 aromatic carbocycles. The number of benzene rings is 2. The molecule has 160 valence electrons. The van der Waals surface area contributed by atoms with Crippen molar-refractivity contribution in [3.05, 3.63) is 63.9 Å². The van der Waals surface area contributed by atoms with E-state index in [0.29, 0.717) is 32.4 Å². The first-order valence-electron chi connectivity index (χ1n) is 9.44. The zero-order valence-corrected chi connectivity index (χ0v) is 18.7. The third-order valence-electron chi connectivity index (χ3n) is 4.44. The Morgan fingerprint density at radius 1 is 1.13 bits per heavy atom. The van der Waals surface area contributed by atoms with E-state index >= 15 is 0 Å². The topological polar surface area (TPSA) is 86.5 Å². The molecule has 2 heterocycles. The third-order valence-corrected chi connectivity index (χ3v) is 5.86. The first kappa shape index (κ1) is 21.3. The van der Waals surface area contributed by atoms with E-state index in [4.69, 9.17) is 21.1 Å². The number of halogens is 1. The number of ether oxygens (including phenoxy) is 2. The molecule has 1 N–H and O–H groups in total. The SMILES string of the molecule is COc1cc(-n2nnc3cc(-c4ccc(Cl)cc4)sc3c2=O)ccc1OCC(C)(C)O. The maximum atomic E-state index is 13.1. The monoisotopic (exact) mass is 457 g/mol. The van der Waals surface area contributed by atoms with Gasteiger partial charge in [-0.2, -0.15) is 4.68 Å². The maximum Gasteiger partial charge on any atom is 0.292 e. The van der Waals surface area contributed by atoms with Crippen molar-refractivity contribution in [2.45, 2.75) is 19.4 Å². The second kappa shape index (κ2) is 8.30. The fourth-order valence-corrected chi connectivity index (χ4v) is 4.07. The summed E-state index contributed by atoms with van der Waals surface area (Å²) < 4.78 is 12.8. The number of thiophene rings is 1. The van der Waals surface area contributed by atoms with Crippen LogP contribution in [0.4, 0.5) is 0 Å². The highest BCUT2D eigenvalue weighted by molar-refractivity contribution is 7.22. The third kappa shape index (κ3) is 4.56. The van der Waals surface area contributed by atoms with Gasteiger partial charge in [0, 0.05) is 16.0 Å². The number of nitrogens with zero attached hydrogens (tertiary/aromatic N) is 3. The largest absolute Gasteiger partial charge is 0.493 e. The lowest BCUT2D eigenvalue weighted by Gasteiger charge is -2.19. The zero-order chi connectivity index (χ0) is 22.2. The van der Waals surface area contributed by atoms with Crippen LogP contribution in [0.25, 0.3) is 26.3 Å². The standard InChI is InChI=1S/C22H20ClN3O4S/c1-22(2,28)12-30-17-9-8-15(10-18(17)29-3)26-21(27)20-16(24-25-26)11-19(31-20)13-4-6-14(23)7-5-13/h4-11,28H,12H2,1-3H3. The average Bonchev–Trinajstić information content (AvgIpc) is 3.18. The summed E-state index contributed by atoms with van der Waals surface area (Å²) >= 11 is 7.32. The van der Waals surface area contributed by atoms with E-state index in [1.807, 2.05) is 18.2 Å². The van der Waals surface area contributed by atoms with Crippen LogP contribution in [-0.4, -0.2) is 39.4 Å². The van der Waals surface area contributed by atoms with Crippen molar-refractivity contribution in [2.24, 2.45) is 0 Å². The normalized spacial score (nSPS) is 11.6. The first-order valence-corrected chi connectivity index (χ1v) is 10.6. The van der Waals surface area contributed by atoms with Gasteiger partial charge in [-0.1, -0.05) is 28.9 Å². The number of fused-ring (bicyclic) bond motifs is 1. The molecule has 0 amide bonds. The molecular formula is C22H20ClN3O4S. The van der Waals surface area contributed by atoms with Crippen molar-refractivity contribution in [3.63, 3.8) is 0 Å². The number of hydrogen-bond acceptors (Lipinski definition) is 7. The number of aromatic nitrogens is 3. The second-order valence-corrected chi connectivity index (χ2v) is 9.06. The smallest absolute Gasteiger partial charge is 0.292 e. The van der Waals surface area contributed by atoms with Crippen molar-refractivity contribution in [1.29, 1.82) is 0 Å². The predicted molar refractivity (Wildman–Crippen MR) is 122 cm³/mol. The van der Waals surface area contributed by atoms with Crippen LogP contribution in [0, 0.1) is 0 Å². The summed E-state index contributed by atoms with van der Waals surface area (Å²) in [5.74, 6) is 0.875. The summed E-state index contributed by atoms with van der Waals surface area (Å²) in [5, 5.41) is 18.8. The Hall–Kier alpha value is -2.94. The van der Waals surface area contributed by atoms with Gasteiger partial charge in [-0.25, -0.2) is 0 Å². The van der Waals surface area contributed by atoms with Crippen LogP contribution in [0.15, 0.2) is 53.3 Å². The molecule has 0 aliphatic rings. The molecule has 0 bridgehead atoms. The van der Waals surface area contributed by atoms with Crippen LogP contribution >= 0.6 is 22.9 Å². The van der Waals surface area contributed by atoms with Crippen LogP contribution in [-0.2, 0) is 0 Å². The van der Waals surface area contributed by atoms with Crippen molar-refractivity contribution in [3.8, 4) is 27.6 Å². The Kier molecular flexibility index (Phi) is 5.70. The molecule has 0 spiro atoms. The molecule has 0 unspecified atom stereocenters. The fourth-order valence-electron chi connectivity index (χ4n) is 2.93. The maximum absolute atomic E-state index is 13.1. The molecule has 0 aliphatic heterocycles. The molecule has 0 saturated carbocycles. The minimum absolute atomic E-state index is 0.0943. The van der Waals surface area contributed by atoms with Gasteiger partial charge in [-0.15, -0.1) is 16.4 Å². The van der Waals surface area contributed by atoms with E-state index in [1.54, 1.807) is 44.2 Å². The van der Waals surface area contributed by atoms with E-state index in [9.17, 15) is 9.90 Å². The van der Waals surface area contributed by atoms with Crippen LogP contribution < -0.4 is 15.0 Å². The highest BCUT2D eigenvalue weighted by Crippen LogP contribution is 2.32. The lowest BCUT2D eigenvalue weighted by atomic mass is 10.2. The van der Waals surface area contributed by atoms with Gasteiger partial charge in [-0.3, -0.25) is 4.79 Å². The van der Waals surface area contributed by atoms with E-state index < -0.39 is 5.60 Å². The van der Waals surface area contributed by atoms with Crippen LogP contribution in [0.5, 0.6) is 11.5 Å². The van der Waals surface area contributed by atoms with E-state index in [2.05, 4.69) is 10.3 Å². The Balaban J connectivity index is 1.71. The quantitative estimate of drug-likeness (QED) is 0.464. The lowest BCUT2D eigenvalue weighted by Crippen LogP contribution is -2.28. The van der Waals surface area contributed by atoms with Crippen molar-refractivity contribution in [2.75, 3.05) is 13.7 Å². The number of aliphatic hydroxyl groups is 1. The Labute approximate surface area is 187 Å². The average molecular weight is 458 g/mol. The molecule has 31 heavy (non-hydrogen) atoms. The van der Waals surface area contributed by atoms with Gasteiger partial charge in [0.2, 0.25) is 0 Å². The highest BCUT2D eigenvalue weighted by Gasteiger charge is 2.17. The van der Waals surface area contributed by atoms with Crippen LogP contribution in [0.2, 0.25) is 5.02 Å². The summed E-state index contributed by atoms with van der Waals surface area (Å²) in [7, 11) is 1.51. The van der Waals surface area contributed by atoms with Gasteiger partial charge in [0.1, 0.15) is 16.8 Å². The molecule has 2 aromatic heterocycles. The number of rotatable bonds is 6. The molecule has 4 rings (SSSR count). The predicted octanol–water partition coefficient (Wildman–Crippen LogP) is 4.32. The Bertz CT molecular complexity index is 1290. The molecule has 0 atom stereocenters. The Morgan fingerprint density at radius 3 is 2.55 bits per heavy atom. The molecule has 9 heteroatoms. The summed E-state index contributed by atoms with van der Waals surface area (Å²) in [6, 6.07) is 14.3. The molecule has 0 radical (unpaired) electrons. The van der Waals surface area contributed by atoms with Gasteiger partial charge in [0.05, 0.1) is 18.4 Å². The van der Waals surface area contributed by atoms with E-state index in [-0.39, 0.29) is 12.2 Å². The molecule has 4 aromatic rings. The minimum atomic E-state index is -0.988. The second-order valence-electron chi connectivity index (χ2n) is 7.57. The molecular weight excluding hydrogens is 438 g/mol. The van der Waals surface area contributed by atoms with Gasteiger partial charge in [-0.05, 0) is 49.7 Å². The van der Waals surface area contributed by atoms with Gasteiger partial charge >= 0.3 is 0 Å². The number of methoxy groups -OCH3 is 1. The summed E-state index contributed by atoms with van der Waals surface area (Å²) in [6.07, 6.45) is 0. The minimum Gasteiger partial charge on any atom is -0.493 e. The molecule has 0 saturated heterocycles. The van der Waals surface area contributed by atoms with Crippen molar-refractivity contribution < 1.29 is 14.6 Å². The van der Waals surface area contributed by atoms with E-state index in [0.717, 1.165) is 10.4 Å². The zero-order valence-electron chi connectivity index (χ0n) is 17.1. The van der Waals surface area contributed by atoms with Crippen molar-refractivity contribution >= 4 is 33.2 Å². The van der Waals surface area contributed by atoms with Gasteiger partial charge in [0.15, 0.2) is 11.5 Å². The Morgan fingerprint density at radius 2 is 1.87 bits per heavy atom. The van der Waals surface area contributed by atoms with Crippen LogP contribution in [0.3, 0.4) is 0 Å². The summed E-state index contributed by atoms with van der Waals surface area (Å²) in [5.41, 5.74) is 0.718. The lowest BCUT2D eigenvalue weighted by molar-refractivity contribution is 0.0276. The molecule has 0 fully saturated rings. The molecule has 0 aliphatic carbocycles. The molecule has 7 nitrogen and oxygen atoms in total. The fraction of sp³-hybridized carbons (Fsp3) is 0.227. The summed E-state index contributed by atoms with van der Waals surface area (Å²) in [6.45, 7) is 3.40. The van der Waals surface area contributed by atoms with Crippen molar-refractivity contribution in [1.82, 2.24) is 15.0 Å². The first-order chi connectivity index (χ1) is 14.7. The van der Waals surface area contributed by atoms with Gasteiger partial charge in [0.25, 0.3) is 5.56 Å². The number of hydrogen-bond donors (Lipinski definition) is 1. The van der Waals surface area contributed by atoms with E-state index in [1.165, 1.54) is 23.1 Å². The highest BCUT2D eigenvalue weighted by atomic mass is 35.5.